The summed E-state index contributed by atoms with van der Waals surface area (Å²) in [4.78, 5) is 0. The Morgan fingerprint density at radius 3 is 0.795 bits per heavy atom. The summed E-state index contributed by atoms with van der Waals surface area (Å²) in [5, 5.41) is 1.40. The van der Waals surface area contributed by atoms with E-state index >= 15 is 0 Å². The van der Waals surface area contributed by atoms with Gasteiger partial charge in [-0.15, -0.1) is 0 Å². The monoisotopic (exact) mass is 892 g/mol. The molecule has 0 N–H and O–H groups in total. The third-order valence-electron chi connectivity index (χ3n) is 6.91. The fourth-order valence-electron chi connectivity index (χ4n) is 4.90. The van der Waals surface area contributed by atoms with E-state index in [1.54, 1.807) is 28.5 Å². The van der Waals surface area contributed by atoms with Crippen LogP contribution < -0.4 is 28.5 Å². The normalized spacial score (nSPS) is 12.5. The fourth-order valence-corrected chi connectivity index (χ4v) is 96.0. The van der Waals surface area contributed by atoms with Gasteiger partial charge in [0.1, 0.15) is 0 Å². The Kier molecular flexibility index (Phi) is 13.0. The van der Waals surface area contributed by atoms with Crippen molar-refractivity contribution in [1.82, 2.24) is 0 Å². The number of hydrogen-bond acceptors (Lipinski definition) is 0. The van der Waals surface area contributed by atoms with Gasteiger partial charge < -0.3 is 0 Å². The van der Waals surface area contributed by atoms with Crippen molar-refractivity contribution in [2.24, 2.45) is 0 Å². The summed E-state index contributed by atoms with van der Waals surface area (Å²) in [6, 6.07) is 69.6. The van der Waals surface area contributed by atoms with Gasteiger partial charge in [-0.2, -0.15) is 0 Å². The average molecular weight is 888 g/mol. The van der Waals surface area contributed by atoms with Crippen LogP contribution in [0.3, 0.4) is 0 Å². The Balaban J connectivity index is 1.55. The van der Waals surface area contributed by atoms with Crippen LogP contribution in [0.5, 0.6) is 0 Å². The van der Waals surface area contributed by atoms with Gasteiger partial charge >= 0.3 is 292 Å². The molecule has 0 bridgehead atoms. The van der Waals surface area contributed by atoms with Crippen molar-refractivity contribution in [3.63, 3.8) is 0 Å². The Hall–Kier alpha value is -1.31. The van der Waals surface area contributed by atoms with Gasteiger partial charge in [0, 0.05) is 0 Å². The second-order valence-electron chi connectivity index (χ2n) is 9.99. The molecule has 0 aliphatic carbocycles. The van der Waals surface area contributed by atoms with E-state index in [-0.39, 0.29) is 0 Å². The number of hydrogen-bond donors (Lipinski definition) is 0. The SMILES string of the molecule is c1ccc([Se][PH2]([Se]c2ccccc2)C(P(c2ccccc2)c2ccccc2)[PH2]([Se]c2ccccc2)[Se]c2ccccc2)cc1. The Morgan fingerprint density at radius 1 is 0.318 bits per heavy atom. The van der Waals surface area contributed by atoms with Crippen LogP contribution >= 0.6 is 18.5 Å². The molecule has 6 aromatic rings. The quantitative estimate of drug-likeness (QED) is 0.112. The molecule has 0 nitrogen and oxygen atoms in total. The third kappa shape index (κ3) is 9.37. The molecule has 0 aliphatic heterocycles. The molecule has 0 saturated heterocycles. The molecule has 0 atom stereocenters. The minimum absolute atomic E-state index is 0.492. The molecule has 0 aromatic heterocycles. The first-order valence-electron chi connectivity index (χ1n) is 14.6. The van der Waals surface area contributed by atoms with E-state index in [1.165, 1.54) is 0 Å². The first-order chi connectivity index (χ1) is 21.8. The van der Waals surface area contributed by atoms with Crippen LogP contribution in [0.2, 0.25) is 0 Å². The van der Waals surface area contributed by atoms with Crippen LogP contribution in [-0.4, -0.2) is 63.2 Å². The molecule has 0 amide bonds. The first kappa shape index (κ1) is 32.6. The van der Waals surface area contributed by atoms with Crippen LogP contribution in [0.1, 0.15) is 0 Å². The second kappa shape index (κ2) is 17.6. The van der Waals surface area contributed by atoms with Gasteiger partial charge in [-0.1, -0.05) is 0 Å². The van der Waals surface area contributed by atoms with Crippen molar-refractivity contribution in [3.05, 3.63) is 182 Å². The van der Waals surface area contributed by atoms with E-state index in [0.717, 1.165) is 5.14 Å². The predicted octanol–water partition coefficient (Wildman–Crippen LogP) is 5.07. The molecule has 6 rings (SSSR count). The number of rotatable bonds is 13. The summed E-state index contributed by atoms with van der Waals surface area (Å²) >= 11 is 2.04. The van der Waals surface area contributed by atoms with Gasteiger partial charge in [-0.05, 0) is 0 Å². The standard InChI is InChI=1S/C37H35P3Se4/c1-7-19-31(20-8-1)38(32-21-9-2-10-22-32)37(39(41-33-23-11-3-12-24-33)42-34-25-13-4-14-26-34)40(43-35-27-15-5-16-28-35)44-36-29-17-6-18-30-36/h1-30,37H,39-40H2. The van der Waals surface area contributed by atoms with Crippen LogP contribution in [0.15, 0.2) is 182 Å². The topological polar surface area (TPSA) is 0 Å². The van der Waals surface area contributed by atoms with Gasteiger partial charge in [-0.3, -0.25) is 0 Å². The molecule has 0 spiro atoms. The zero-order valence-corrected chi connectivity index (χ0v) is 34.2. The molecule has 222 valence electrons. The molecule has 0 heterocycles. The summed E-state index contributed by atoms with van der Waals surface area (Å²) < 4.78 is 6.40. The van der Waals surface area contributed by atoms with Crippen LogP contribution in [0.4, 0.5) is 0 Å². The molecule has 6 aromatic carbocycles. The minimum atomic E-state index is -1.29. The number of benzene rings is 6. The van der Waals surface area contributed by atoms with E-state index in [9.17, 15) is 0 Å². The average Bonchev–Trinajstić information content (AvgIpc) is 3.09. The molecule has 7 heteroatoms. The molecular weight excluding hydrogens is 853 g/mol. The van der Waals surface area contributed by atoms with Crippen molar-refractivity contribution in [3.8, 4) is 0 Å². The van der Waals surface area contributed by atoms with Crippen LogP contribution in [0.25, 0.3) is 0 Å². The molecule has 0 unspecified atom stereocenters. The van der Waals surface area contributed by atoms with E-state index in [2.05, 4.69) is 182 Å². The molecule has 0 radical (unpaired) electrons. The summed E-state index contributed by atoms with van der Waals surface area (Å²) in [6.45, 7) is 0. The van der Waals surface area contributed by atoms with Gasteiger partial charge in [0.05, 0.1) is 0 Å². The summed E-state index contributed by atoms with van der Waals surface area (Å²) in [6.07, 6.45) is 0. The Morgan fingerprint density at radius 2 is 0.545 bits per heavy atom. The maximum atomic E-state index is 2.46. The maximum absolute atomic E-state index is 2.46. The molecule has 44 heavy (non-hydrogen) atoms. The van der Waals surface area contributed by atoms with Gasteiger partial charge in [-0.25, -0.2) is 0 Å². The Bertz CT molecular complexity index is 1450. The first-order valence-corrected chi connectivity index (χ1v) is 34.5. The van der Waals surface area contributed by atoms with Crippen molar-refractivity contribution in [1.29, 1.82) is 0 Å². The van der Waals surface area contributed by atoms with E-state index in [4.69, 9.17) is 0 Å². The van der Waals surface area contributed by atoms with E-state index in [1.807, 2.05) is 0 Å². The van der Waals surface area contributed by atoms with Crippen molar-refractivity contribution < 1.29 is 0 Å². The van der Waals surface area contributed by atoms with Gasteiger partial charge in [0.2, 0.25) is 0 Å². The molecule has 0 fully saturated rings. The van der Waals surface area contributed by atoms with Gasteiger partial charge in [0.15, 0.2) is 0 Å². The predicted molar refractivity (Wildman–Crippen MR) is 210 cm³/mol. The second-order valence-corrected chi connectivity index (χ2v) is 49.9. The zero-order chi connectivity index (χ0) is 29.8. The van der Waals surface area contributed by atoms with Crippen LogP contribution in [-0.2, 0) is 0 Å². The van der Waals surface area contributed by atoms with Crippen molar-refractivity contribution in [2.75, 3.05) is 0 Å². The van der Waals surface area contributed by atoms with Gasteiger partial charge in [0.25, 0.3) is 0 Å². The van der Waals surface area contributed by atoms with Crippen molar-refractivity contribution >= 4 is 105 Å². The molecule has 0 saturated carbocycles. The van der Waals surface area contributed by atoms with Crippen LogP contribution in [0, 0.1) is 0 Å². The fraction of sp³-hybridized carbons (Fsp3) is 0.0270. The third-order valence-corrected chi connectivity index (χ3v) is 66.1. The summed E-state index contributed by atoms with van der Waals surface area (Å²) in [7, 11) is -0.492. The zero-order valence-electron chi connectivity index (χ0n) is 24.1. The van der Waals surface area contributed by atoms with E-state index < -0.39 is 18.5 Å². The Labute approximate surface area is 289 Å². The van der Waals surface area contributed by atoms with E-state index in [0.29, 0.717) is 58.1 Å². The van der Waals surface area contributed by atoms with Crippen molar-refractivity contribution in [2.45, 2.75) is 5.14 Å². The molecule has 0 aliphatic rings. The summed E-state index contributed by atoms with van der Waals surface area (Å²) in [5.41, 5.74) is 0. The molecular formula is C37H35P3Se4. The summed E-state index contributed by atoms with van der Waals surface area (Å²) in [5.74, 6) is 0.